The maximum atomic E-state index is 8.52. The van der Waals surface area contributed by atoms with Gasteiger partial charge < -0.3 is 0 Å². The molecular weight excluding hydrogens is 252 g/mol. The van der Waals surface area contributed by atoms with Crippen LogP contribution in [0.2, 0.25) is 0 Å². The van der Waals surface area contributed by atoms with Gasteiger partial charge in [-0.15, -0.1) is 0 Å². The van der Waals surface area contributed by atoms with Gasteiger partial charge in [-0.05, 0) is 54.1 Å². The highest BCUT2D eigenvalue weighted by atomic mass is 14.3. The van der Waals surface area contributed by atoms with Gasteiger partial charge in [-0.3, -0.25) is 0 Å². The Morgan fingerprint density at radius 2 is 1.67 bits per heavy atom. The van der Waals surface area contributed by atoms with E-state index < -0.39 is 6.37 Å². The molecule has 3 atom stereocenters. The van der Waals surface area contributed by atoms with E-state index in [1.54, 1.807) is 0 Å². The molecule has 2 aromatic rings. The van der Waals surface area contributed by atoms with Crippen LogP contribution in [0.3, 0.4) is 0 Å². The Hall–Kier alpha value is -1.56. The molecule has 110 valence electrons. The summed E-state index contributed by atoms with van der Waals surface area (Å²) in [5.74, 6) is 0.0303. The Morgan fingerprint density at radius 1 is 0.952 bits per heavy atom. The molecule has 3 rings (SSSR count). The van der Waals surface area contributed by atoms with Crippen LogP contribution in [0.25, 0.3) is 11.1 Å². The molecule has 2 aromatic carbocycles. The summed E-state index contributed by atoms with van der Waals surface area (Å²) in [6, 6.07) is 18.4. The van der Waals surface area contributed by atoms with Gasteiger partial charge in [0.2, 0.25) is 0 Å². The number of benzene rings is 2. The molecule has 0 amide bonds. The van der Waals surface area contributed by atoms with Crippen LogP contribution in [-0.4, -0.2) is 0 Å². The van der Waals surface area contributed by atoms with Gasteiger partial charge in [-0.2, -0.15) is 0 Å². The van der Waals surface area contributed by atoms with Gasteiger partial charge >= 0.3 is 0 Å². The molecule has 0 nitrogen and oxygen atoms in total. The summed E-state index contributed by atoms with van der Waals surface area (Å²) >= 11 is 0. The van der Waals surface area contributed by atoms with Gasteiger partial charge in [0.1, 0.15) is 0 Å². The van der Waals surface area contributed by atoms with Crippen LogP contribution in [-0.2, 0) is 0 Å². The summed E-state index contributed by atoms with van der Waals surface area (Å²) in [6.07, 6.45) is 1.87. The molecule has 0 aromatic heterocycles. The van der Waals surface area contributed by atoms with Crippen LogP contribution < -0.4 is 0 Å². The van der Waals surface area contributed by atoms with E-state index in [2.05, 4.69) is 31.2 Å². The molecule has 1 saturated carbocycles. The van der Waals surface area contributed by atoms with Crippen molar-refractivity contribution >= 4 is 0 Å². The Bertz CT molecular complexity index is 649. The van der Waals surface area contributed by atoms with Crippen molar-refractivity contribution in [3.63, 3.8) is 0 Å². The van der Waals surface area contributed by atoms with Crippen molar-refractivity contribution in [2.24, 2.45) is 5.92 Å². The van der Waals surface area contributed by atoms with Gasteiger partial charge in [0.25, 0.3) is 0 Å². The second-order valence-electron chi connectivity index (χ2n) is 6.00. The van der Waals surface area contributed by atoms with Gasteiger partial charge in [0.05, 0.1) is 0 Å². The first kappa shape index (κ1) is 11.1. The average Bonchev–Trinajstić information content (AvgIpc) is 2.55. The molecule has 0 heterocycles. The van der Waals surface area contributed by atoms with Crippen LogP contribution in [0, 0.1) is 5.92 Å². The van der Waals surface area contributed by atoms with Crippen LogP contribution in [0.15, 0.2) is 54.6 Å². The minimum absolute atomic E-state index is 0.324. The predicted octanol–water partition coefficient (Wildman–Crippen LogP) is 6.43. The van der Waals surface area contributed by atoms with E-state index in [4.69, 9.17) is 4.11 Å². The molecule has 0 N–H and O–H groups in total. The van der Waals surface area contributed by atoms with Crippen LogP contribution in [0.5, 0.6) is 0 Å². The highest BCUT2D eigenvalue weighted by molar-refractivity contribution is 5.63. The first-order valence-electron chi connectivity index (χ1n) is 9.66. The van der Waals surface area contributed by atoms with E-state index in [9.17, 15) is 0 Å². The fourth-order valence-electron chi connectivity index (χ4n) is 3.18. The van der Waals surface area contributed by atoms with Crippen molar-refractivity contribution in [2.45, 2.75) is 51.3 Å². The maximum Gasteiger partial charge on any atom is 0.0273 e. The van der Waals surface area contributed by atoms with Gasteiger partial charge in [0.15, 0.2) is 0 Å². The van der Waals surface area contributed by atoms with Crippen LogP contribution >= 0.6 is 0 Å². The largest absolute Gasteiger partial charge is 0.0654 e. The summed E-state index contributed by atoms with van der Waals surface area (Å²) < 4.78 is 25.6. The summed E-state index contributed by atoms with van der Waals surface area (Å²) in [5, 5.41) is 0. The van der Waals surface area contributed by atoms with Crippen molar-refractivity contribution in [2.75, 3.05) is 0 Å². The molecule has 1 aliphatic carbocycles. The standard InChI is InChI=1S/C21H26/c1-2-6-17-9-11-19(12-10-17)21-15-13-20(14-16-21)18-7-4-3-5-8-18/h3-5,7-8,13-17,19H,2,6,9-12H2,1H3/t17-,19?/i11D,12D2/t11-,17-,19?/m1/s1. The first-order valence-corrected chi connectivity index (χ1v) is 8.09. The third-order valence-corrected chi connectivity index (χ3v) is 4.41. The van der Waals surface area contributed by atoms with Crippen LogP contribution in [0.4, 0.5) is 0 Å². The summed E-state index contributed by atoms with van der Waals surface area (Å²) in [6.45, 7) is 2.14. The molecule has 0 spiro atoms. The average molecular weight is 281 g/mol. The Morgan fingerprint density at radius 3 is 2.33 bits per heavy atom. The normalized spacial score (nSPS) is 30.1. The van der Waals surface area contributed by atoms with Gasteiger partial charge in [-0.1, -0.05) is 74.4 Å². The number of rotatable bonds is 4. The monoisotopic (exact) mass is 281 g/mol. The van der Waals surface area contributed by atoms with E-state index in [1.165, 1.54) is 5.56 Å². The maximum absolute atomic E-state index is 8.52. The summed E-state index contributed by atoms with van der Waals surface area (Å²) in [5.41, 5.74) is 3.27. The molecule has 0 heteroatoms. The topological polar surface area (TPSA) is 0 Å². The lowest BCUT2D eigenvalue weighted by atomic mass is 9.77. The molecule has 0 aliphatic heterocycles. The summed E-state index contributed by atoms with van der Waals surface area (Å²) in [4.78, 5) is 0. The minimum Gasteiger partial charge on any atom is -0.0654 e. The molecule has 1 aliphatic rings. The zero-order chi connectivity index (χ0) is 17.2. The quantitative estimate of drug-likeness (QED) is 0.606. The molecule has 0 bridgehead atoms. The summed E-state index contributed by atoms with van der Waals surface area (Å²) in [7, 11) is 0. The lowest BCUT2D eigenvalue weighted by Gasteiger charge is -2.28. The van der Waals surface area contributed by atoms with Crippen molar-refractivity contribution in [3.05, 3.63) is 60.2 Å². The van der Waals surface area contributed by atoms with Gasteiger partial charge in [0, 0.05) is 4.11 Å². The fraction of sp³-hybridized carbons (Fsp3) is 0.429. The fourth-order valence-corrected chi connectivity index (χ4v) is 3.18. The minimum atomic E-state index is -1.29. The zero-order valence-electron chi connectivity index (χ0n) is 15.8. The van der Waals surface area contributed by atoms with E-state index >= 15 is 0 Å². The van der Waals surface area contributed by atoms with Crippen molar-refractivity contribution in [3.8, 4) is 11.1 Å². The lowest BCUT2D eigenvalue weighted by Crippen LogP contribution is -2.13. The predicted molar refractivity (Wildman–Crippen MR) is 91.5 cm³/mol. The zero-order valence-corrected chi connectivity index (χ0v) is 12.8. The van der Waals surface area contributed by atoms with E-state index in [1.807, 2.05) is 30.3 Å². The van der Waals surface area contributed by atoms with Crippen molar-refractivity contribution < 1.29 is 4.11 Å². The Kier molecular flexibility index (Phi) is 3.65. The lowest BCUT2D eigenvalue weighted by molar-refractivity contribution is 0.308. The molecule has 21 heavy (non-hydrogen) atoms. The first-order chi connectivity index (χ1) is 11.5. The third kappa shape index (κ3) is 3.56. The van der Waals surface area contributed by atoms with Crippen LogP contribution in [0.1, 0.15) is 61.0 Å². The van der Waals surface area contributed by atoms with E-state index in [0.717, 1.165) is 30.4 Å². The Labute approximate surface area is 133 Å². The molecule has 1 unspecified atom stereocenters. The molecule has 0 saturated heterocycles. The smallest absolute Gasteiger partial charge is 0.0273 e. The Balaban J connectivity index is 1.83. The highest BCUT2D eigenvalue weighted by Crippen LogP contribution is 2.37. The molecule has 1 fully saturated rings. The van der Waals surface area contributed by atoms with E-state index in [0.29, 0.717) is 12.3 Å². The second-order valence-corrected chi connectivity index (χ2v) is 6.00. The van der Waals surface area contributed by atoms with Crippen molar-refractivity contribution in [1.82, 2.24) is 0 Å². The van der Waals surface area contributed by atoms with Crippen molar-refractivity contribution in [1.29, 1.82) is 0 Å². The third-order valence-electron chi connectivity index (χ3n) is 4.41. The van der Waals surface area contributed by atoms with Gasteiger partial charge in [-0.25, -0.2) is 0 Å². The molecule has 0 radical (unpaired) electrons. The van der Waals surface area contributed by atoms with E-state index in [-0.39, 0.29) is 12.3 Å². The highest BCUT2D eigenvalue weighted by Gasteiger charge is 2.21. The SMILES string of the molecule is [2H][C@@H]1C[C@@H](CCC)CC([2H])([2H])C1c1ccc(-c2ccccc2)cc1. The second kappa shape index (κ2) is 6.93. The number of hydrogen-bond donors (Lipinski definition) is 0. The number of hydrogen-bond acceptors (Lipinski definition) is 0. The molecular formula is C21H26.